The normalized spacial score (nSPS) is 12.5. The van der Waals surface area contributed by atoms with Gasteiger partial charge in [0.15, 0.2) is 5.13 Å². The molecule has 15 heavy (non-hydrogen) atoms. The summed E-state index contributed by atoms with van der Waals surface area (Å²) in [5.41, 5.74) is 0.603. The molecule has 0 fully saturated rings. The summed E-state index contributed by atoms with van der Waals surface area (Å²) in [4.78, 5) is 15.4. The van der Waals surface area contributed by atoms with E-state index in [0.717, 1.165) is 12.8 Å². The Hall–Kier alpha value is -0.940. The number of aliphatic hydroxyl groups is 1. The Morgan fingerprint density at radius 1 is 1.73 bits per heavy atom. The van der Waals surface area contributed by atoms with E-state index in [4.69, 9.17) is 0 Å². The van der Waals surface area contributed by atoms with Gasteiger partial charge in [-0.3, -0.25) is 4.79 Å². The molecule has 5 heteroatoms. The summed E-state index contributed by atoms with van der Waals surface area (Å²) in [6.07, 6.45) is 1.84. The van der Waals surface area contributed by atoms with Gasteiger partial charge in [0.2, 0.25) is 5.91 Å². The van der Waals surface area contributed by atoms with Gasteiger partial charge in [-0.1, -0.05) is 13.3 Å². The van der Waals surface area contributed by atoms with Gasteiger partial charge in [-0.2, -0.15) is 0 Å². The van der Waals surface area contributed by atoms with E-state index < -0.39 is 6.10 Å². The predicted octanol–water partition coefficient (Wildman–Crippen LogP) is 2.33. The Kier molecular flexibility index (Phi) is 4.71. The number of unbranched alkanes of at least 4 members (excludes halogenated alkanes) is 1. The van der Waals surface area contributed by atoms with Crippen molar-refractivity contribution in [2.75, 3.05) is 5.32 Å². The SMILES string of the molecule is CCCCC(=O)Nc1nc(C(C)O)cs1. The van der Waals surface area contributed by atoms with E-state index in [1.54, 1.807) is 12.3 Å². The maximum absolute atomic E-state index is 11.3. The van der Waals surface area contributed by atoms with Crippen LogP contribution in [0.3, 0.4) is 0 Å². The fraction of sp³-hybridized carbons (Fsp3) is 0.600. The van der Waals surface area contributed by atoms with Crippen molar-refractivity contribution < 1.29 is 9.90 Å². The molecule has 84 valence electrons. The minimum Gasteiger partial charge on any atom is -0.387 e. The highest BCUT2D eigenvalue weighted by atomic mass is 32.1. The van der Waals surface area contributed by atoms with Gasteiger partial charge in [0.1, 0.15) is 0 Å². The Balaban J connectivity index is 2.46. The molecule has 1 aromatic heterocycles. The van der Waals surface area contributed by atoms with Crippen LogP contribution in [0.1, 0.15) is 44.9 Å². The molecule has 0 aliphatic carbocycles. The number of aliphatic hydroxyl groups excluding tert-OH is 1. The van der Waals surface area contributed by atoms with Crippen LogP contribution in [0.25, 0.3) is 0 Å². The van der Waals surface area contributed by atoms with Crippen molar-refractivity contribution in [3.8, 4) is 0 Å². The zero-order valence-electron chi connectivity index (χ0n) is 8.99. The number of carbonyl (C=O) groups is 1. The number of rotatable bonds is 5. The van der Waals surface area contributed by atoms with Gasteiger partial charge in [0.25, 0.3) is 0 Å². The third-order valence-electron chi connectivity index (χ3n) is 1.95. The molecule has 4 nitrogen and oxygen atoms in total. The zero-order chi connectivity index (χ0) is 11.3. The number of aromatic nitrogens is 1. The Labute approximate surface area is 93.4 Å². The van der Waals surface area contributed by atoms with E-state index in [-0.39, 0.29) is 5.91 Å². The van der Waals surface area contributed by atoms with Crippen LogP contribution in [0.15, 0.2) is 5.38 Å². The molecular weight excluding hydrogens is 212 g/mol. The first-order chi connectivity index (χ1) is 7.13. The fourth-order valence-corrected chi connectivity index (χ4v) is 1.87. The lowest BCUT2D eigenvalue weighted by Gasteiger charge is -2.00. The quantitative estimate of drug-likeness (QED) is 0.813. The average Bonchev–Trinajstić information content (AvgIpc) is 2.63. The third kappa shape index (κ3) is 3.97. The molecule has 1 rings (SSSR count). The minimum absolute atomic E-state index is 0.0108. The number of carbonyl (C=O) groups excluding carboxylic acids is 1. The van der Waals surface area contributed by atoms with Crippen molar-refractivity contribution in [1.29, 1.82) is 0 Å². The molecule has 1 atom stereocenters. The molecule has 0 bridgehead atoms. The van der Waals surface area contributed by atoms with Crippen LogP contribution in [0.4, 0.5) is 5.13 Å². The molecule has 0 aromatic carbocycles. The summed E-state index contributed by atoms with van der Waals surface area (Å²) >= 11 is 1.34. The molecular formula is C10H16N2O2S. The summed E-state index contributed by atoms with van der Waals surface area (Å²) in [6.45, 7) is 3.69. The topological polar surface area (TPSA) is 62.2 Å². The fourth-order valence-electron chi connectivity index (χ4n) is 1.05. The van der Waals surface area contributed by atoms with Crippen molar-refractivity contribution in [1.82, 2.24) is 4.98 Å². The lowest BCUT2D eigenvalue weighted by molar-refractivity contribution is -0.116. The lowest BCUT2D eigenvalue weighted by atomic mass is 10.2. The largest absolute Gasteiger partial charge is 0.387 e. The van der Waals surface area contributed by atoms with Crippen molar-refractivity contribution in [2.24, 2.45) is 0 Å². The van der Waals surface area contributed by atoms with Crippen LogP contribution in [-0.4, -0.2) is 16.0 Å². The number of nitrogens with one attached hydrogen (secondary N) is 1. The predicted molar refractivity (Wildman–Crippen MR) is 60.9 cm³/mol. The summed E-state index contributed by atoms with van der Waals surface area (Å²) in [5, 5.41) is 14.3. The Morgan fingerprint density at radius 3 is 3.00 bits per heavy atom. The second kappa shape index (κ2) is 5.82. The molecule has 0 spiro atoms. The Bertz CT molecular complexity index is 323. The first-order valence-corrected chi connectivity index (χ1v) is 5.94. The first kappa shape index (κ1) is 12.1. The second-order valence-corrected chi connectivity index (χ2v) is 4.26. The van der Waals surface area contributed by atoms with Crippen molar-refractivity contribution >= 4 is 22.4 Å². The number of nitrogens with zero attached hydrogens (tertiary/aromatic N) is 1. The molecule has 0 radical (unpaired) electrons. The molecule has 0 saturated carbocycles. The standard InChI is InChI=1S/C10H16N2O2S/c1-3-4-5-9(14)12-10-11-8(6-15-10)7(2)13/h6-7,13H,3-5H2,1-2H3,(H,11,12,14). The average molecular weight is 228 g/mol. The van der Waals surface area contributed by atoms with Crippen LogP contribution >= 0.6 is 11.3 Å². The zero-order valence-corrected chi connectivity index (χ0v) is 9.80. The number of hydrogen-bond donors (Lipinski definition) is 2. The van der Waals surface area contributed by atoms with Crippen LogP contribution in [0.5, 0.6) is 0 Å². The van der Waals surface area contributed by atoms with Crippen LogP contribution in [0, 0.1) is 0 Å². The van der Waals surface area contributed by atoms with Gasteiger partial charge in [0.05, 0.1) is 11.8 Å². The van der Waals surface area contributed by atoms with Gasteiger partial charge in [-0.25, -0.2) is 4.98 Å². The van der Waals surface area contributed by atoms with Gasteiger partial charge in [-0.15, -0.1) is 11.3 Å². The van der Waals surface area contributed by atoms with Crippen LogP contribution in [-0.2, 0) is 4.79 Å². The first-order valence-electron chi connectivity index (χ1n) is 5.06. The van der Waals surface area contributed by atoms with Crippen LogP contribution < -0.4 is 5.32 Å². The van der Waals surface area contributed by atoms with Crippen molar-refractivity contribution in [3.05, 3.63) is 11.1 Å². The molecule has 0 aliphatic heterocycles. The highest BCUT2D eigenvalue weighted by molar-refractivity contribution is 7.13. The van der Waals surface area contributed by atoms with Crippen molar-refractivity contribution in [3.63, 3.8) is 0 Å². The van der Waals surface area contributed by atoms with Gasteiger partial charge < -0.3 is 10.4 Å². The van der Waals surface area contributed by atoms with Gasteiger partial charge in [-0.05, 0) is 13.3 Å². The van der Waals surface area contributed by atoms with E-state index in [9.17, 15) is 9.90 Å². The Morgan fingerprint density at radius 2 is 2.47 bits per heavy atom. The summed E-state index contributed by atoms with van der Waals surface area (Å²) in [7, 11) is 0. The highest BCUT2D eigenvalue weighted by Gasteiger charge is 2.08. The number of anilines is 1. The maximum atomic E-state index is 11.3. The molecule has 1 amide bonds. The van der Waals surface area contributed by atoms with Crippen molar-refractivity contribution in [2.45, 2.75) is 39.2 Å². The third-order valence-corrected chi connectivity index (χ3v) is 2.73. The monoisotopic (exact) mass is 228 g/mol. The number of amides is 1. The molecule has 1 heterocycles. The summed E-state index contributed by atoms with van der Waals surface area (Å²) in [6, 6.07) is 0. The maximum Gasteiger partial charge on any atom is 0.226 e. The van der Waals surface area contributed by atoms with Crippen LogP contribution in [0.2, 0.25) is 0 Å². The molecule has 1 aromatic rings. The van der Waals surface area contributed by atoms with E-state index in [2.05, 4.69) is 10.3 Å². The number of thiazole rings is 1. The van der Waals surface area contributed by atoms with E-state index in [0.29, 0.717) is 17.2 Å². The van der Waals surface area contributed by atoms with E-state index in [1.165, 1.54) is 11.3 Å². The number of hydrogen-bond acceptors (Lipinski definition) is 4. The molecule has 1 unspecified atom stereocenters. The molecule has 2 N–H and O–H groups in total. The molecule has 0 aliphatic rings. The van der Waals surface area contributed by atoms with Gasteiger partial charge in [0, 0.05) is 11.8 Å². The summed E-state index contributed by atoms with van der Waals surface area (Å²) < 4.78 is 0. The summed E-state index contributed by atoms with van der Waals surface area (Å²) in [5.74, 6) is -0.0108. The lowest BCUT2D eigenvalue weighted by Crippen LogP contribution is -2.10. The highest BCUT2D eigenvalue weighted by Crippen LogP contribution is 2.20. The minimum atomic E-state index is -0.581. The smallest absolute Gasteiger partial charge is 0.226 e. The van der Waals surface area contributed by atoms with Gasteiger partial charge >= 0.3 is 0 Å². The van der Waals surface area contributed by atoms with E-state index >= 15 is 0 Å². The second-order valence-electron chi connectivity index (χ2n) is 3.41. The van der Waals surface area contributed by atoms with E-state index in [1.807, 2.05) is 6.92 Å². The molecule has 0 saturated heterocycles.